The molecule has 1 aliphatic carbocycles. The van der Waals surface area contributed by atoms with Crippen LogP contribution in [0.15, 0.2) is 36.4 Å². The summed E-state index contributed by atoms with van der Waals surface area (Å²) in [5.41, 5.74) is 2.33. The zero-order valence-corrected chi connectivity index (χ0v) is 16.4. The summed E-state index contributed by atoms with van der Waals surface area (Å²) in [6.45, 7) is -0.462. The van der Waals surface area contributed by atoms with E-state index in [1.807, 2.05) is 18.2 Å². The van der Waals surface area contributed by atoms with Crippen molar-refractivity contribution in [2.24, 2.45) is 0 Å². The van der Waals surface area contributed by atoms with E-state index < -0.39 is 18.5 Å². The molecule has 0 heterocycles. The van der Waals surface area contributed by atoms with Gasteiger partial charge in [0.25, 0.3) is 5.91 Å². The summed E-state index contributed by atoms with van der Waals surface area (Å²) in [5, 5.41) is 2.92. The third-order valence-corrected chi connectivity index (χ3v) is 4.95. The maximum absolute atomic E-state index is 12.6. The second kappa shape index (κ2) is 9.23. The molecule has 1 amide bonds. The summed E-state index contributed by atoms with van der Waals surface area (Å²) < 4.78 is 15.5. The van der Waals surface area contributed by atoms with Gasteiger partial charge in [0, 0.05) is 5.56 Å². The van der Waals surface area contributed by atoms with Crippen molar-refractivity contribution in [3.8, 4) is 11.5 Å². The summed E-state index contributed by atoms with van der Waals surface area (Å²) in [6, 6.07) is 10.8. The molecule has 0 fully saturated rings. The van der Waals surface area contributed by atoms with Gasteiger partial charge in [-0.1, -0.05) is 24.3 Å². The number of fused-ring (bicyclic) bond motifs is 1. The fourth-order valence-electron chi connectivity index (χ4n) is 3.59. The predicted octanol–water partition coefficient (Wildman–Crippen LogP) is 2.87. The van der Waals surface area contributed by atoms with Crippen molar-refractivity contribution in [2.45, 2.75) is 25.3 Å². The predicted molar refractivity (Wildman–Crippen MR) is 105 cm³/mol. The first-order chi connectivity index (χ1) is 14.1. The molecule has 29 heavy (non-hydrogen) atoms. The van der Waals surface area contributed by atoms with Gasteiger partial charge in [-0.25, -0.2) is 4.79 Å². The number of nitrogens with one attached hydrogen (secondary N) is 1. The average molecular weight is 397 g/mol. The second-order valence-electron chi connectivity index (χ2n) is 6.67. The number of rotatable bonds is 7. The van der Waals surface area contributed by atoms with Gasteiger partial charge in [-0.15, -0.1) is 0 Å². The number of hydrogen-bond donors (Lipinski definition) is 1. The van der Waals surface area contributed by atoms with Crippen molar-refractivity contribution in [3.05, 3.63) is 58.7 Å². The van der Waals surface area contributed by atoms with E-state index in [1.54, 1.807) is 0 Å². The van der Waals surface area contributed by atoms with Crippen molar-refractivity contribution < 1.29 is 28.6 Å². The van der Waals surface area contributed by atoms with Crippen LogP contribution < -0.4 is 14.8 Å². The first kappa shape index (κ1) is 20.4. The molecule has 7 nitrogen and oxygen atoms in total. The van der Waals surface area contributed by atoms with Crippen LogP contribution in [-0.4, -0.2) is 39.0 Å². The summed E-state index contributed by atoms with van der Waals surface area (Å²) in [7, 11) is 2.78. The number of amides is 1. The SMILES string of the molecule is COc1ccc(C=O)c(C(=O)OCC(=O)N[C@H]2CCCc3ccccc32)c1OC. The van der Waals surface area contributed by atoms with Gasteiger partial charge >= 0.3 is 5.97 Å². The molecule has 7 heteroatoms. The van der Waals surface area contributed by atoms with Crippen LogP contribution in [0.5, 0.6) is 11.5 Å². The lowest BCUT2D eigenvalue weighted by Crippen LogP contribution is -2.34. The molecule has 152 valence electrons. The Morgan fingerprint density at radius 3 is 2.66 bits per heavy atom. The molecule has 3 rings (SSSR count). The summed E-state index contributed by atoms with van der Waals surface area (Å²) in [6.07, 6.45) is 3.32. The second-order valence-corrected chi connectivity index (χ2v) is 6.67. The minimum absolute atomic E-state index is 0.0716. The quantitative estimate of drug-likeness (QED) is 0.571. The van der Waals surface area contributed by atoms with Crippen molar-refractivity contribution in [3.63, 3.8) is 0 Å². The number of carbonyl (C=O) groups is 3. The van der Waals surface area contributed by atoms with Crippen LogP contribution >= 0.6 is 0 Å². The van der Waals surface area contributed by atoms with Crippen molar-refractivity contribution in [1.82, 2.24) is 5.32 Å². The van der Waals surface area contributed by atoms with Crippen molar-refractivity contribution >= 4 is 18.2 Å². The number of aryl methyl sites for hydroxylation is 1. The molecule has 0 spiro atoms. The lowest BCUT2D eigenvalue weighted by atomic mass is 9.88. The maximum Gasteiger partial charge on any atom is 0.343 e. The normalized spacial score (nSPS) is 15.0. The summed E-state index contributed by atoms with van der Waals surface area (Å²) >= 11 is 0. The molecular formula is C22H23NO6. The number of ether oxygens (including phenoxy) is 3. The molecule has 1 N–H and O–H groups in total. The van der Waals surface area contributed by atoms with Gasteiger partial charge in [-0.3, -0.25) is 9.59 Å². The number of hydrogen-bond acceptors (Lipinski definition) is 6. The number of aldehydes is 1. The molecule has 0 aromatic heterocycles. The highest BCUT2D eigenvalue weighted by Crippen LogP contribution is 2.33. The Morgan fingerprint density at radius 1 is 1.14 bits per heavy atom. The van der Waals surface area contributed by atoms with Gasteiger partial charge < -0.3 is 19.5 Å². The Hall–Kier alpha value is -3.35. The number of carbonyl (C=O) groups excluding carboxylic acids is 3. The van der Waals surface area contributed by atoms with Gasteiger partial charge in [-0.2, -0.15) is 0 Å². The lowest BCUT2D eigenvalue weighted by Gasteiger charge is -2.26. The van der Waals surface area contributed by atoms with Crippen LogP contribution in [0.1, 0.15) is 50.7 Å². The highest BCUT2D eigenvalue weighted by molar-refractivity contribution is 6.02. The Labute approximate surface area is 169 Å². The van der Waals surface area contributed by atoms with Gasteiger partial charge in [0.15, 0.2) is 24.4 Å². The van der Waals surface area contributed by atoms with Crippen LogP contribution in [0.4, 0.5) is 0 Å². The molecule has 0 saturated heterocycles. The fourth-order valence-corrected chi connectivity index (χ4v) is 3.59. The number of benzene rings is 2. The zero-order chi connectivity index (χ0) is 20.8. The van der Waals surface area contributed by atoms with Crippen LogP contribution in [-0.2, 0) is 16.0 Å². The topological polar surface area (TPSA) is 90.9 Å². The van der Waals surface area contributed by atoms with Gasteiger partial charge in [0.05, 0.1) is 20.3 Å². The highest BCUT2D eigenvalue weighted by atomic mass is 16.5. The van der Waals surface area contributed by atoms with Crippen LogP contribution in [0.25, 0.3) is 0 Å². The summed E-state index contributed by atoms with van der Waals surface area (Å²) in [5.74, 6) is -0.867. The fraction of sp³-hybridized carbons (Fsp3) is 0.318. The average Bonchev–Trinajstić information content (AvgIpc) is 2.76. The van der Waals surface area contributed by atoms with Gasteiger partial charge in [0.1, 0.15) is 5.56 Å². The minimum Gasteiger partial charge on any atom is -0.493 e. The third-order valence-electron chi connectivity index (χ3n) is 4.95. The Kier molecular flexibility index (Phi) is 6.49. The molecule has 2 aromatic carbocycles. The van der Waals surface area contributed by atoms with E-state index in [0.717, 1.165) is 24.8 Å². The van der Waals surface area contributed by atoms with Gasteiger partial charge in [0.2, 0.25) is 0 Å². The molecule has 0 saturated carbocycles. The molecule has 0 unspecified atom stereocenters. The largest absolute Gasteiger partial charge is 0.493 e. The molecule has 2 aromatic rings. The van der Waals surface area contributed by atoms with E-state index in [9.17, 15) is 14.4 Å². The van der Waals surface area contributed by atoms with E-state index in [1.165, 1.54) is 31.9 Å². The first-order valence-corrected chi connectivity index (χ1v) is 9.33. The molecule has 1 aliphatic rings. The Morgan fingerprint density at radius 2 is 1.93 bits per heavy atom. The van der Waals surface area contributed by atoms with Crippen LogP contribution in [0, 0.1) is 0 Å². The number of esters is 1. The van der Waals surface area contributed by atoms with E-state index in [0.29, 0.717) is 6.29 Å². The Bertz CT molecular complexity index is 924. The third kappa shape index (κ3) is 4.39. The van der Waals surface area contributed by atoms with E-state index in [2.05, 4.69) is 11.4 Å². The van der Waals surface area contributed by atoms with E-state index in [4.69, 9.17) is 14.2 Å². The Balaban J connectivity index is 1.69. The molecule has 0 radical (unpaired) electrons. The van der Waals surface area contributed by atoms with E-state index >= 15 is 0 Å². The molecule has 0 bridgehead atoms. The summed E-state index contributed by atoms with van der Waals surface area (Å²) in [4.78, 5) is 36.3. The molecule has 0 aliphatic heterocycles. The van der Waals surface area contributed by atoms with E-state index in [-0.39, 0.29) is 28.7 Å². The highest BCUT2D eigenvalue weighted by Gasteiger charge is 2.25. The zero-order valence-electron chi connectivity index (χ0n) is 16.4. The van der Waals surface area contributed by atoms with Crippen molar-refractivity contribution in [2.75, 3.05) is 20.8 Å². The monoisotopic (exact) mass is 397 g/mol. The van der Waals surface area contributed by atoms with Gasteiger partial charge in [-0.05, 0) is 42.5 Å². The lowest BCUT2D eigenvalue weighted by molar-refractivity contribution is -0.125. The van der Waals surface area contributed by atoms with Crippen LogP contribution in [0.3, 0.4) is 0 Å². The maximum atomic E-state index is 12.6. The first-order valence-electron chi connectivity index (χ1n) is 9.33. The molecule has 1 atom stereocenters. The van der Waals surface area contributed by atoms with Crippen molar-refractivity contribution in [1.29, 1.82) is 0 Å². The number of methoxy groups -OCH3 is 2. The smallest absolute Gasteiger partial charge is 0.343 e. The standard InChI is InChI=1S/C22H23NO6/c1-27-18-11-10-15(12-24)20(21(18)28-2)22(26)29-13-19(25)23-17-9-5-7-14-6-3-4-8-16(14)17/h3-4,6,8,10-12,17H,5,7,9,13H2,1-2H3,(H,23,25)/t17-/m0/s1. The minimum atomic E-state index is -0.831. The molecular weight excluding hydrogens is 374 g/mol. The van der Waals surface area contributed by atoms with Crippen LogP contribution in [0.2, 0.25) is 0 Å².